The first-order chi connectivity index (χ1) is 6.33. The molecule has 1 aliphatic rings. The van der Waals surface area contributed by atoms with E-state index in [-0.39, 0.29) is 0 Å². The van der Waals surface area contributed by atoms with E-state index in [1.54, 1.807) is 0 Å². The second kappa shape index (κ2) is 6.47. The molecule has 0 spiro atoms. The Balaban J connectivity index is 1.96. The van der Waals surface area contributed by atoms with Gasteiger partial charge < -0.3 is 0 Å². The Morgan fingerprint density at radius 3 is 2.69 bits per heavy atom. The summed E-state index contributed by atoms with van der Waals surface area (Å²) >= 11 is 1.85. The number of carbonyl (C=O) groups is 1. The van der Waals surface area contributed by atoms with Crippen LogP contribution in [0.1, 0.15) is 45.4 Å². The standard InChI is InChI=1S/C11H20OS/c1-2-5-11(12)9-13-8-10-6-3-4-7-10/h10H,2-9H2,1H3. The first kappa shape index (κ1) is 11.1. The number of Topliss-reactive ketones (excluding diaryl/α,β-unsaturated/α-hetero) is 1. The predicted octanol–water partition coefficient (Wildman–Crippen LogP) is 3.28. The zero-order valence-electron chi connectivity index (χ0n) is 8.55. The fraction of sp³-hybridized carbons (Fsp3) is 0.909. The van der Waals surface area contributed by atoms with Gasteiger partial charge in [0.05, 0.1) is 5.75 Å². The highest BCUT2D eigenvalue weighted by molar-refractivity contribution is 7.99. The maximum absolute atomic E-state index is 11.2. The lowest BCUT2D eigenvalue weighted by atomic mass is 10.1. The minimum Gasteiger partial charge on any atom is -0.299 e. The van der Waals surface area contributed by atoms with Crippen molar-refractivity contribution >= 4 is 17.5 Å². The van der Waals surface area contributed by atoms with E-state index in [1.807, 2.05) is 11.8 Å². The van der Waals surface area contributed by atoms with E-state index in [0.29, 0.717) is 5.78 Å². The fourth-order valence-electron chi connectivity index (χ4n) is 1.87. The van der Waals surface area contributed by atoms with Crippen LogP contribution in [0.2, 0.25) is 0 Å². The van der Waals surface area contributed by atoms with Crippen LogP contribution in [-0.4, -0.2) is 17.3 Å². The summed E-state index contributed by atoms with van der Waals surface area (Å²) in [5, 5.41) is 0. The van der Waals surface area contributed by atoms with Crippen LogP contribution in [0.3, 0.4) is 0 Å². The number of hydrogen-bond acceptors (Lipinski definition) is 2. The van der Waals surface area contributed by atoms with Gasteiger partial charge in [-0.15, -0.1) is 0 Å². The van der Waals surface area contributed by atoms with E-state index in [1.165, 1.54) is 31.4 Å². The minimum atomic E-state index is 0.436. The van der Waals surface area contributed by atoms with Crippen LogP contribution >= 0.6 is 11.8 Å². The molecule has 0 radical (unpaired) electrons. The molecule has 1 aliphatic carbocycles. The Morgan fingerprint density at radius 1 is 1.38 bits per heavy atom. The number of ketones is 1. The summed E-state index contributed by atoms with van der Waals surface area (Å²) in [5.74, 6) is 3.32. The Labute approximate surface area is 85.7 Å². The third-order valence-electron chi connectivity index (χ3n) is 2.62. The third-order valence-corrected chi connectivity index (χ3v) is 3.85. The topological polar surface area (TPSA) is 17.1 Å². The van der Waals surface area contributed by atoms with Gasteiger partial charge in [0.2, 0.25) is 0 Å². The summed E-state index contributed by atoms with van der Waals surface area (Å²) in [6.07, 6.45) is 7.40. The Bertz CT molecular complexity index is 150. The first-order valence-corrected chi connectivity index (χ1v) is 6.58. The van der Waals surface area contributed by atoms with Crippen molar-refractivity contribution in [1.29, 1.82) is 0 Å². The molecule has 0 aromatic rings. The summed E-state index contributed by atoms with van der Waals surface area (Å²) in [6.45, 7) is 2.07. The molecule has 1 nitrogen and oxygen atoms in total. The predicted molar refractivity (Wildman–Crippen MR) is 59.2 cm³/mol. The molecule has 1 fully saturated rings. The summed E-state index contributed by atoms with van der Waals surface area (Å²) < 4.78 is 0. The quantitative estimate of drug-likeness (QED) is 0.654. The molecular formula is C11H20OS. The van der Waals surface area contributed by atoms with E-state index in [2.05, 4.69) is 6.92 Å². The number of rotatable bonds is 6. The lowest BCUT2D eigenvalue weighted by Gasteiger charge is -2.06. The molecule has 0 unspecified atom stereocenters. The highest BCUT2D eigenvalue weighted by atomic mass is 32.2. The summed E-state index contributed by atoms with van der Waals surface area (Å²) in [5.41, 5.74) is 0. The molecule has 0 amide bonds. The highest BCUT2D eigenvalue weighted by Crippen LogP contribution is 2.27. The summed E-state index contributed by atoms with van der Waals surface area (Å²) in [7, 11) is 0. The van der Waals surface area contributed by atoms with Gasteiger partial charge in [0, 0.05) is 6.42 Å². The van der Waals surface area contributed by atoms with Crippen molar-refractivity contribution in [2.24, 2.45) is 5.92 Å². The molecular weight excluding hydrogens is 180 g/mol. The van der Waals surface area contributed by atoms with Gasteiger partial charge in [0.15, 0.2) is 0 Å². The van der Waals surface area contributed by atoms with Gasteiger partial charge in [-0.2, -0.15) is 11.8 Å². The van der Waals surface area contributed by atoms with E-state index in [0.717, 1.165) is 24.5 Å². The molecule has 0 atom stereocenters. The molecule has 1 rings (SSSR count). The van der Waals surface area contributed by atoms with Gasteiger partial charge in [-0.25, -0.2) is 0 Å². The molecule has 2 heteroatoms. The monoisotopic (exact) mass is 200 g/mol. The lowest BCUT2D eigenvalue weighted by molar-refractivity contribution is -0.116. The molecule has 0 aromatic carbocycles. The molecule has 0 saturated heterocycles. The molecule has 0 N–H and O–H groups in total. The van der Waals surface area contributed by atoms with Crippen LogP contribution < -0.4 is 0 Å². The smallest absolute Gasteiger partial charge is 0.142 e. The molecule has 13 heavy (non-hydrogen) atoms. The van der Waals surface area contributed by atoms with Gasteiger partial charge in [-0.3, -0.25) is 4.79 Å². The van der Waals surface area contributed by atoms with Crippen molar-refractivity contribution in [1.82, 2.24) is 0 Å². The second-order valence-electron chi connectivity index (χ2n) is 3.95. The van der Waals surface area contributed by atoms with Gasteiger partial charge >= 0.3 is 0 Å². The van der Waals surface area contributed by atoms with Crippen molar-refractivity contribution in [3.8, 4) is 0 Å². The molecule has 76 valence electrons. The van der Waals surface area contributed by atoms with Crippen molar-refractivity contribution in [2.75, 3.05) is 11.5 Å². The van der Waals surface area contributed by atoms with Crippen LogP contribution in [0.5, 0.6) is 0 Å². The molecule has 1 saturated carbocycles. The van der Waals surface area contributed by atoms with Crippen molar-refractivity contribution in [3.63, 3.8) is 0 Å². The van der Waals surface area contributed by atoms with E-state index >= 15 is 0 Å². The summed E-state index contributed by atoms with van der Waals surface area (Å²) in [4.78, 5) is 11.2. The Hall–Kier alpha value is 0.0200. The number of thioether (sulfide) groups is 1. The largest absolute Gasteiger partial charge is 0.299 e. The average molecular weight is 200 g/mol. The molecule has 0 heterocycles. The summed E-state index contributed by atoms with van der Waals surface area (Å²) in [6, 6.07) is 0. The van der Waals surface area contributed by atoms with Gasteiger partial charge in [0.1, 0.15) is 5.78 Å². The van der Waals surface area contributed by atoms with E-state index in [4.69, 9.17) is 0 Å². The minimum absolute atomic E-state index is 0.436. The number of hydrogen-bond donors (Lipinski definition) is 0. The van der Waals surface area contributed by atoms with Crippen LogP contribution in [0, 0.1) is 5.92 Å². The molecule has 0 aromatic heterocycles. The van der Waals surface area contributed by atoms with E-state index < -0.39 is 0 Å². The molecule has 0 aliphatic heterocycles. The van der Waals surface area contributed by atoms with Gasteiger partial charge in [-0.05, 0) is 30.9 Å². The SMILES string of the molecule is CCCC(=O)CSCC1CCCC1. The van der Waals surface area contributed by atoms with Crippen molar-refractivity contribution in [2.45, 2.75) is 45.4 Å². The van der Waals surface area contributed by atoms with Crippen LogP contribution in [0.15, 0.2) is 0 Å². The average Bonchev–Trinajstić information content (AvgIpc) is 2.57. The molecule has 0 bridgehead atoms. The van der Waals surface area contributed by atoms with Gasteiger partial charge in [-0.1, -0.05) is 19.8 Å². The van der Waals surface area contributed by atoms with Crippen LogP contribution in [0.25, 0.3) is 0 Å². The normalized spacial score (nSPS) is 17.9. The lowest BCUT2D eigenvalue weighted by Crippen LogP contribution is -2.04. The second-order valence-corrected chi connectivity index (χ2v) is 4.98. The van der Waals surface area contributed by atoms with Crippen molar-refractivity contribution < 1.29 is 4.79 Å². The number of carbonyl (C=O) groups excluding carboxylic acids is 1. The van der Waals surface area contributed by atoms with Gasteiger partial charge in [0.25, 0.3) is 0 Å². The highest BCUT2D eigenvalue weighted by Gasteiger charge is 2.14. The van der Waals surface area contributed by atoms with E-state index in [9.17, 15) is 4.79 Å². The zero-order chi connectivity index (χ0) is 9.52. The van der Waals surface area contributed by atoms with Crippen LogP contribution in [0.4, 0.5) is 0 Å². The van der Waals surface area contributed by atoms with Crippen LogP contribution in [-0.2, 0) is 4.79 Å². The maximum Gasteiger partial charge on any atom is 0.142 e. The third kappa shape index (κ3) is 4.70. The Morgan fingerprint density at radius 2 is 2.08 bits per heavy atom. The first-order valence-electron chi connectivity index (χ1n) is 5.42. The maximum atomic E-state index is 11.2. The Kier molecular flexibility index (Phi) is 5.52. The zero-order valence-corrected chi connectivity index (χ0v) is 9.37. The fourth-order valence-corrected chi connectivity index (χ4v) is 3.02. The van der Waals surface area contributed by atoms with Crippen molar-refractivity contribution in [3.05, 3.63) is 0 Å².